The highest BCUT2D eigenvalue weighted by Crippen LogP contribution is 2.25. The third kappa shape index (κ3) is 1.01. The molecular weight excluding hydrogens is 194 g/mol. The van der Waals surface area contributed by atoms with Gasteiger partial charge in [0.15, 0.2) is 11.2 Å². The van der Waals surface area contributed by atoms with E-state index in [9.17, 15) is 4.79 Å². The smallest absolute Gasteiger partial charge is 0.300 e. The van der Waals surface area contributed by atoms with Gasteiger partial charge in [0.25, 0.3) is 0 Å². The number of fused-ring (bicyclic) bond motifs is 3. The van der Waals surface area contributed by atoms with Gasteiger partial charge in [-0.05, 0) is 6.42 Å². The van der Waals surface area contributed by atoms with Crippen molar-refractivity contribution in [1.29, 1.82) is 0 Å². The minimum atomic E-state index is -0.252. The van der Waals surface area contributed by atoms with Crippen LogP contribution in [0.5, 0.6) is 0 Å². The van der Waals surface area contributed by atoms with Crippen molar-refractivity contribution in [3.05, 3.63) is 16.7 Å². The second kappa shape index (κ2) is 2.82. The predicted octanol–water partition coefficient (Wildman–Crippen LogP) is 0.496. The molecule has 1 unspecified atom stereocenters. The normalized spacial score (nSPS) is 19.1. The van der Waals surface area contributed by atoms with Gasteiger partial charge in [0.1, 0.15) is 0 Å². The molecule has 1 aliphatic heterocycles. The summed E-state index contributed by atoms with van der Waals surface area (Å²) in [5.41, 5.74) is 0.931. The fourth-order valence-electron chi connectivity index (χ4n) is 2.03. The molecule has 6 heteroatoms. The molecule has 0 saturated heterocycles. The van der Waals surface area contributed by atoms with Crippen LogP contribution < -0.4 is 10.9 Å². The second-order valence-electron chi connectivity index (χ2n) is 3.65. The lowest BCUT2D eigenvalue weighted by Gasteiger charge is -2.10. The van der Waals surface area contributed by atoms with Crippen molar-refractivity contribution in [2.75, 3.05) is 11.9 Å². The van der Waals surface area contributed by atoms with Crippen LogP contribution in [0.4, 0.5) is 5.95 Å². The first-order valence-electron chi connectivity index (χ1n) is 5.00. The summed E-state index contributed by atoms with van der Waals surface area (Å²) in [5.74, 6) is 0.631. The highest BCUT2D eigenvalue weighted by atomic mass is 16.1. The van der Waals surface area contributed by atoms with Gasteiger partial charge in [-0.2, -0.15) is 4.98 Å². The Bertz CT molecular complexity index is 569. The number of imidazole rings is 1. The molecule has 0 saturated carbocycles. The molecule has 1 atom stereocenters. The molecule has 1 aliphatic rings. The van der Waals surface area contributed by atoms with Crippen molar-refractivity contribution in [2.24, 2.45) is 0 Å². The fraction of sp³-hybridized carbons (Fsp3) is 0.444. The van der Waals surface area contributed by atoms with Crippen LogP contribution in [-0.2, 0) is 0 Å². The van der Waals surface area contributed by atoms with Gasteiger partial charge in [-0.25, -0.2) is 4.98 Å². The average Bonchev–Trinajstić information content (AvgIpc) is 2.81. The Morgan fingerprint density at radius 1 is 1.67 bits per heavy atom. The van der Waals surface area contributed by atoms with Gasteiger partial charge in [0, 0.05) is 6.54 Å². The van der Waals surface area contributed by atoms with E-state index >= 15 is 0 Å². The number of aromatic amines is 1. The second-order valence-corrected chi connectivity index (χ2v) is 3.65. The number of hydrogen-bond donors (Lipinski definition) is 2. The molecular formula is C9H11N5O. The third-order valence-corrected chi connectivity index (χ3v) is 2.83. The topological polar surface area (TPSA) is 75.6 Å². The van der Waals surface area contributed by atoms with Crippen molar-refractivity contribution in [3.63, 3.8) is 0 Å². The lowest BCUT2D eigenvalue weighted by atomic mass is 10.2. The molecule has 3 heterocycles. The first kappa shape index (κ1) is 8.46. The summed E-state index contributed by atoms with van der Waals surface area (Å²) in [6, 6.07) is 0.332. The molecule has 15 heavy (non-hydrogen) atoms. The maximum atomic E-state index is 11.6. The predicted molar refractivity (Wildman–Crippen MR) is 56.0 cm³/mol. The van der Waals surface area contributed by atoms with Crippen molar-refractivity contribution >= 4 is 17.1 Å². The number of nitrogens with zero attached hydrogens (tertiary/aromatic N) is 3. The van der Waals surface area contributed by atoms with E-state index in [0.29, 0.717) is 23.2 Å². The maximum Gasteiger partial charge on any atom is 0.300 e. The van der Waals surface area contributed by atoms with Crippen molar-refractivity contribution in [3.8, 4) is 0 Å². The zero-order valence-corrected chi connectivity index (χ0v) is 8.32. The first-order valence-corrected chi connectivity index (χ1v) is 5.00. The van der Waals surface area contributed by atoms with Gasteiger partial charge < -0.3 is 10.3 Å². The lowest BCUT2D eigenvalue weighted by molar-refractivity contribution is 0.561. The number of anilines is 1. The largest absolute Gasteiger partial charge is 0.353 e. The fourth-order valence-corrected chi connectivity index (χ4v) is 2.03. The molecule has 3 rings (SSSR count). The Labute approximate surface area is 85.4 Å². The van der Waals surface area contributed by atoms with Crippen LogP contribution in [-0.4, -0.2) is 26.1 Å². The summed E-state index contributed by atoms with van der Waals surface area (Å²) >= 11 is 0. The van der Waals surface area contributed by atoms with E-state index in [0.717, 1.165) is 13.0 Å². The molecule has 0 amide bonds. The van der Waals surface area contributed by atoms with Crippen molar-refractivity contribution < 1.29 is 0 Å². The van der Waals surface area contributed by atoms with Gasteiger partial charge >= 0.3 is 5.56 Å². The third-order valence-electron chi connectivity index (χ3n) is 2.83. The molecule has 2 N–H and O–H groups in total. The number of hydrogen-bond acceptors (Lipinski definition) is 4. The standard InChI is InChI=1S/C9H11N5O/c1-2-5-3-10-9-13-8(15)6-7(14(5)9)12-4-11-6/h4-5H,2-3H2,1H3,(H,11,12)(H,10,13,15). The Kier molecular flexibility index (Phi) is 1.59. The number of rotatable bonds is 1. The van der Waals surface area contributed by atoms with Crippen molar-refractivity contribution in [2.45, 2.75) is 19.4 Å². The quantitative estimate of drug-likeness (QED) is 0.710. The minimum absolute atomic E-state index is 0.252. The zero-order valence-electron chi connectivity index (χ0n) is 8.32. The molecule has 0 bridgehead atoms. The van der Waals surface area contributed by atoms with Crippen LogP contribution in [0.2, 0.25) is 0 Å². The number of aromatic nitrogens is 4. The summed E-state index contributed by atoms with van der Waals surface area (Å²) in [6.07, 6.45) is 2.53. The van der Waals surface area contributed by atoms with Gasteiger partial charge in [-0.1, -0.05) is 6.92 Å². The van der Waals surface area contributed by atoms with E-state index in [1.165, 1.54) is 6.33 Å². The van der Waals surface area contributed by atoms with Gasteiger partial charge in [0.2, 0.25) is 5.95 Å². The van der Waals surface area contributed by atoms with Crippen molar-refractivity contribution in [1.82, 2.24) is 19.5 Å². The van der Waals surface area contributed by atoms with Gasteiger partial charge in [-0.3, -0.25) is 9.36 Å². The number of H-pyrrole nitrogens is 1. The maximum absolute atomic E-state index is 11.6. The lowest BCUT2D eigenvalue weighted by Crippen LogP contribution is -2.14. The molecule has 0 radical (unpaired) electrons. The summed E-state index contributed by atoms with van der Waals surface area (Å²) in [6.45, 7) is 2.92. The Hall–Kier alpha value is -1.85. The SMILES string of the molecule is CCC1CNc2nc(=O)c3[nH]cnc3n21. The van der Waals surface area contributed by atoms with Crippen LogP contribution in [0.3, 0.4) is 0 Å². The van der Waals surface area contributed by atoms with Gasteiger partial charge in [-0.15, -0.1) is 0 Å². The summed E-state index contributed by atoms with van der Waals surface area (Å²) < 4.78 is 1.99. The molecule has 6 nitrogen and oxygen atoms in total. The summed E-state index contributed by atoms with van der Waals surface area (Å²) in [5, 5.41) is 3.12. The highest BCUT2D eigenvalue weighted by Gasteiger charge is 2.24. The van der Waals surface area contributed by atoms with Gasteiger partial charge in [0.05, 0.1) is 12.4 Å². The molecule has 0 fully saturated rings. The van der Waals surface area contributed by atoms with E-state index in [2.05, 4.69) is 27.2 Å². The van der Waals surface area contributed by atoms with Crippen LogP contribution in [0.25, 0.3) is 11.2 Å². The monoisotopic (exact) mass is 205 g/mol. The minimum Gasteiger partial charge on any atom is -0.353 e. The Morgan fingerprint density at radius 3 is 3.33 bits per heavy atom. The highest BCUT2D eigenvalue weighted by molar-refractivity contribution is 5.71. The Morgan fingerprint density at radius 2 is 2.53 bits per heavy atom. The van der Waals surface area contributed by atoms with Crippen LogP contribution >= 0.6 is 0 Å². The van der Waals surface area contributed by atoms with Crippen LogP contribution in [0.15, 0.2) is 11.1 Å². The van der Waals surface area contributed by atoms with E-state index in [-0.39, 0.29) is 5.56 Å². The first-order chi connectivity index (χ1) is 7.31. The van der Waals surface area contributed by atoms with E-state index in [1.807, 2.05) is 4.57 Å². The molecule has 0 aliphatic carbocycles. The summed E-state index contributed by atoms with van der Waals surface area (Å²) in [4.78, 5) is 22.5. The van der Waals surface area contributed by atoms with Crippen LogP contribution in [0, 0.1) is 0 Å². The zero-order chi connectivity index (χ0) is 10.4. The van der Waals surface area contributed by atoms with E-state index in [1.54, 1.807) is 0 Å². The van der Waals surface area contributed by atoms with E-state index < -0.39 is 0 Å². The molecule has 2 aromatic rings. The van der Waals surface area contributed by atoms with Crippen LogP contribution in [0.1, 0.15) is 19.4 Å². The molecule has 0 aromatic carbocycles. The molecule has 0 spiro atoms. The molecule has 2 aromatic heterocycles. The molecule has 78 valence electrons. The number of nitrogens with one attached hydrogen (secondary N) is 2. The Balaban J connectivity index is 2.40. The summed E-state index contributed by atoms with van der Waals surface area (Å²) in [7, 11) is 0. The average molecular weight is 205 g/mol. The van der Waals surface area contributed by atoms with E-state index in [4.69, 9.17) is 0 Å².